The number of nitrogens with zero attached hydrogens (tertiary/aromatic N) is 1. The number of nitrogens with one attached hydrogen (secondary N) is 3. The van der Waals surface area contributed by atoms with Crippen LogP contribution in [-0.2, 0) is 23.1 Å². The fourth-order valence-electron chi connectivity index (χ4n) is 6.15. The van der Waals surface area contributed by atoms with E-state index in [1.807, 2.05) is 68.1 Å². The molecular formula is C35H40N4O6. The van der Waals surface area contributed by atoms with Crippen LogP contribution in [0.15, 0.2) is 59.5 Å². The van der Waals surface area contributed by atoms with Crippen molar-refractivity contribution < 1.29 is 23.8 Å². The maximum absolute atomic E-state index is 13.9. The van der Waals surface area contributed by atoms with E-state index in [2.05, 4.69) is 16.0 Å². The van der Waals surface area contributed by atoms with Crippen LogP contribution in [0.4, 0.5) is 11.4 Å². The van der Waals surface area contributed by atoms with Gasteiger partial charge in [0, 0.05) is 36.6 Å². The van der Waals surface area contributed by atoms with Crippen LogP contribution in [-0.4, -0.2) is 43.8 Å². The topological polar surface area (TPSA) is 120 Å². The molecule has 2 unspecified atom stereocenters. The van der Waals surface area contributed by atoms with E-state index in [1.165, 1.54) is 6.92 Å². The first kappa shape index (κ1) is 31.4. The van der Waals surface area contributed by atoms with E-state index in [-0.39, 0.29) is 28.8 Å². The highest BCUT2D eigenvalue weighted by atomic mass is 16.5. The van der Waals surface area contributed by atoms with Crippen molar-refractivity contribution in [3.8, 4) is 28.4 Å². The molecule has 2 atom stereocenters. The van der Waals surface area contributed by atoms with Crippen molar-refractivity contribution in [3.63, 3.8) is 0 Å². The molecule has 236 valence electrons. The lowest BCUT2D eigenvalue weighted by atomic mass is 9.95. The lowest BCUT2D eigenvalue weighted by Gasteiger charge is -2.22. The van der Waals surface area contributed by atoms with Gasteiger partial charge in [-0.05, 0) is 71.8 Å². The second-order valence-corrected chi connectivity index (χ2v) is 11.6. The molecule has 0 saturated heterocycles. The summed E-state index contributed by atoms with van der Waals surface area (Å²) < 4.78 is 19.2. The highest BCUT2D eigenvalue weighted by Gasteiger charge is 2.30. The standard InChI is InChI=1S/C35H40N4O6/c1-19(2)32(35(42)38-25-9-8-10-28-23(25)15-16-39(28)4)37-27-14-12-22-24(18-29(27)41)26(36-20(3)40)13-11-21-17-30(43-5)33(44-6)34(45-7)31(21)22/h8-10,12,14-19,26,32H,11,13H2,1-7H3,(H,36,40)(H,37,41)(H,38,42). The first-order valence-electron chi connectivity index (χ1n) is 15.0. The number of carbonyl (C=O) groups is 2. The van der Waals surface area contributed by atoms with E-state index >= 15 is 0 Å². The highest BCUT2D eigenvalue weighted by Crippen LogP contribution is 2.50. The first-order valence-corrected chi connectivity index (χ1v) is 15.0. The van der Waals surface area contributed by atoms with Crippen LogP contribution < -0.4 is 35.6 Å². The Labute approximate surface area is 262 Å². The van der Waals surface area contributed by atoms with Crippen LogP contribution in [0.5, 0.6) is 17.2 Å². The third kappa shape index (κ3) is 6.05. The number of amides is 2. The zero-order chi connectivity index (χ0) is 32.4. The van der Waals surface area contributed by atoms with Crippen LogP contribution >= 0.6 is 0 Å². The number of ether oxygens (including phenoxy) is 3. The third-order valence-corrected chi connectivity index (χ3v) is 8.36. The molecule has 1 aliphatic carbocycles. The molecule has 4 aromatic rings. The molecule has 1 aromatic heterocycles. The quantitative estimate of drug-likeness (QED) is 0.231. The van der Waals surface area contributed by atoms with Gasteiger partial charge in [-0.15, -0.1) is 0 Å². The number of benzene rings is 2. The van der Waals surface area contributed by atoms with Gasteiger partial charge in [0.05, 0.1) is 38.7 Å². The van der Waals surface area contributed by atoms with E-state index in [0.29, 0.717) is 46.9 Å². The zero-order valence-corrected chi connectivity index (χ0v) is 26.7. The molecule has 10 nitrogen and oxygen atoms in total. The smallest absolute Gasteiger partial charge is 0.247 e. The van der Waals surface area contributed by atoms with Gasteiger partial charge >= 0.3 is 0 Å². The van der Waals surface area contributed by atoms with Crippen LogP contribution in [0.2, 0.25) is 0 Å². The maximum atomic E-state index is 13.9. The average molecular weight is 613 g/mol. The minimum Gasteiger partial charge on any atom is -0.493 e. The summed E-state index contributed by atoms with van der Waals surface area (Å²) in [5.74, 6) is 0.818. The summed E-state index contributed by atoms with van der Waals surface area (Å²) in [7, 11) is 6.63. The minimum absolute atomic E-state index is 0.146. The SMILES string of the molecule is COc1cc2c(c(OC)c1OC)-c1ccc(NC(C(=O)Nc3cccc4c3ccn4C)C(C)C)c(=O)cc1C(NC(C)=O)CC2. The van der Waals surface area contributed by atoms with Gasteiger partial charge in [-0.1, -0.05) is 26.0 Å². The number of hydrogen-bond acceptors (Lipinski definition) is 7. The van der Waals surface area contributed by atoms with Crippen molar-refractivity contribution in [2.75, 3.05) is 32.0 Å². The van der Waals surface area contributed by atoms with Crippen LogP contribution in [0, 0.1) is 5.92 Å². The van der Waals surface area contributed by atoms with Crippen molar-refractivity contribution in [1.82, 2.24) is 9.88 Å². The Morgan fingerprint density at radius 3 is 2.38 bits per heavy atom. The van der Waals surface area contributed by atoms with Crippen LogP contribution in [0.25, 0.3) is 22.0 Å². The number of methoxy groups -OCH3 is 3. The average Bonchev–Trinajstić information content (AvgIpc) is 3.24. The molecule has 0 aliphatic heterocycles. The molecular weight excluding hydrogens is 572 g/mol. The van der Waals surface area contributed by atoms with E-state index in [9.17, 15) is 14.4 Å². The van der Waals surface area contributed by atoms with Crippen molar-refractivity contribution in [2.24, 2.45) is 13.0 Å². The fraction of sp³-hybridized carbons (Fsp3) is 0.343. The third-order valence-electron chi connectivity index (χ3n) is 8.36. The molecule has 1 aliphatic rings. The Hall–Kier alpha value is -4.99. The van der Waals surface area contributed by atoms with Gasteiger partial charge < -0.3 is 34.7 Å². The van der Waals surface area contributed by atoms with E-state index in [0.717, 1.165) is 22.0 Å². The molecule has 10 heteroatoms. The monoisotopic (exact) mass is 612 g/mol. The molecule has 0 fully saturated rings. The second-order valence-electron chi connectivity index (χ2n) is 11.6. The largest absolute Gasteiger partial charge is 0.493 e. The molecule has 45 heavy (non-hydrogen) atoms. The predicted molar refractivity (Wildman–Crippen MR) is 176 cm³/mol. The zero-order valence-electron chi connectivity index (χ0n) is 26.7. The maximum Gasteiger partial charge on any atom is 0.247 e. The van der Waals surface area contributed by atoms with Gasteiger partial charge in [0.15, 0.2) is 11.5 Å². The van der Waals surface area contributed by atoms with Crippen molar-refractivity contribution in [1.29, 1.82) is 0 Å². The van der Waals surface area contributed by atoms with E-state index in [1.54, 1.807) is 33.5 Å². The fourth-order valence-corrected chi connectivity index (χ4v) is 6.15. The Balaban J connectivity index is 1.60. The predicted octanol–water partition coefficient (Wildman–Crippen LogP) is 5.43. The summed E-state index contributed by atoms with van der Waals surface area (Å²) in [5, 5.41) is 10.2. The molecule has 0 spiro atoms. The summed E-state index contributed by atoms with van der Waals surface area (Å²) >= 11 is 0. The minimum atomic E-state index is -0.712. The van der Waals surface area contributed by atoms with Crippen molar-refractivity contribution in [3.05, 3.63) is 76.1 Å². The molecule has 5 rings (SSSR count). The van der Waals surface area contributed by atoms with Gasteiger partial charge in [0.25, 0.3) is 0 Å². The van der Waals surface area contributed by atoms with E-state index in [4.69, 9.17) is 14.2 Å². The van der Waals surface area contributed by atoms with E-state index < -0.39 is 12.1 Å². The van der Waals surface area contributed by atoms with Crippen molar-refractivity contribution in [2.45, 2.75) is 45.7 Å². The summed E-state index contributed by atoms with van der Waals surface area (Å²) in [6.45, 7) is 5.31. The molecule has 0 saturated carbocycles. The second kappa shape index (κ2) is 12.9. The Morgan fingerprint density at radius 2 is 1.71 bits per heavy atom. The first-order chi connectivity index (χ1) is 21.6. The van der Waals surface area contributed by atoms with Gasteiger partial charge in [-0.2, -0.15) is 0 Å². The Kier molecular flexibility index (Phi) is 9.04. The Morgan fingerprint density at radius 1 is 0.956 bits per heavy atom. The lowest BCUT2D eigenvalue weighted by Crippen LogP contribution is -2.40. The highest BCUT2D eigenvalue weighted by molar-refractivity contribution is 6.04. The summed E-state index contributed by atoms with van der Waals surface area (Å²) in [6.07, 6.45) is 3.09. The number of aryl methyl sites for hydroxylation is 2. The van der Waals surface area contributed by atoms with Gasteiger partial charge in [0.1, 0.15) is 6.04 Å². The summed E-state index contributed by atoms with van der Waals surface area (Å²) in [4.78, 5) is 39.8. The Bertz CT molecular complexity index is 1830. The van der Waals surface area contributed by atoms with Gasteiger partial charge in [-0.25, -0.2) is 0 Å². The number of aromatic nitrogens is 1. The summed E-state index contributed by atoms with van der Waals surface area (Å²) in [5.41, 5.74) is 4.70. The van der Waals surface area contributed by atoms with Gasteiger partial charge in [0.2, 0.25) is 23.0 Å². The number of fused-ring (bicyclic) bond motifs is 4. The lowest BCUT2D eigenvalue weighted by molar-refractivity contribution is -0.120. The molecule has 0 radical (unpaired) electrons. The summed E-state index contributed by atoms with van der Waals surface area (Å²) in [6, 6.07) is 13.6. The number of carbonyl (C=O) groups excluding carboxylic acids is 2. The van der Waals surface area contributed by atoms with Crippen molar-refractivity contribution >= 4 is 34.1 Å². The molecule has 2 amide bonds. The molecule has 3 N–H and O–H groups in total. The van der Waals surface area contributed by atoms with Crippen LogP contribution in [0.1, 0.15) is 44.4 Å². The number of rotatable bonds is 9. The molecule has 1 heterocycles. The molecule has 3 aromatic carbocycles. The number of hydrogen-bond donors (Lipinski definition) is 3. The van der Waals surface area contributed by atoms with Crippen LogP contribution in [0.3, 0.4) is 0 Å². The number of anilines is 2. The van der Waals surface area contributed by atoms with Gasteiger partial charge in [-0.3, -0.25) is 14.4 Å². The molecule has 0 bridgehead atoms. The normalized spacial score (nSPS) is 14.5.